The van der Waals surface area contributed by atoms with Crippen LogP contribution in [0.2, 0.25) is 0 Å². The molecule has 6 amide bonds. The van der Waals surface area contributed by atoms with Crippen LogP contribution in [-0.2, 0) is 54.3 Å². The van der Waals surface area contributed by atoms with Crippen molar-refractivity contribution in [2.75, 3.05) is 45.7 Å². The van der Waals surface area contributed by atoms with Gasteiger partial charge < -0.3 is 36.1 Å². The van der Waals surface area contributed by atoms with Gasteiger partial charge in [-0.15, -0.1) is 11.3 Å². The van der Waals surface area contributed by atoms with Gasteiger partial charge in [0.25, 0.3) is 17.7 Å². The maximum absolute atomic E-state index is 14.7. The summed E-state index contributed by atoms with van der Waals surface area (Å²) in [6.45, 7) is 17.1. The Hall–Kier alpha value is -5.86. The number of Topliss-reactive ketones (excluding diaryl/α,β-unsaturated/α-hetero) is 1. The first-order valence-corrected chi connectivity index (χ1v) is 29.0. The van der Waals surface area contributed by atoms with E-state index in [4.69, 9.17) is 20.2 Å². The average Bonchev–Trinajstić information content (AvgIpc) is 4.03. The average molecular weight is 1110 g/mol. The summed E-state index contributed by atoms with van der Waals surface area (Å²) in [6, 6.07) is 5.03. The van der Waals surface area contributed by atoms with Crippen molar-refractivity contribution in [3.63, 3.8) is 0 Å². The van der Waals surface area contributed by atoms with Gasteiger partial charge in [0, 0.05) is 80.5 Å². The summed E-state index contributed by atoms with van der Waals surface area (Å²) in [7, 11) is 3.28. The van der Waals surface area contributed by atoms with Gasteiger partial charge in [-0.3, -0.25) is 53.0 Å². The van der Waals surface area contributed by atoms with Crippen LogP contribution >= 0.6 is 11.3 Å². The summed E-state index contributed by atoms with van der Waals surface area (Å²) in [5.74, 6) is -3.68. The van der Waals surface area contributed by atoms with Crippen LogP contribution in [0.3, 0.4) is 0 Å². The largest absolute Gasteiger partial charge is 0.469 e. The van der Waals surface area contributed by atoms with E-state index in [1.807, 2.05) is 46.6 Å². The van der Waals surface area contributed by atoms with Gasteiger partial charge in [-0.1, -0.05) is 66.5 Å². The summed E-state index contributed by atoms with van der Waals surface area (Å²) in [6.07, 6.45) is 8.52. The maximum Gasteiger partial charge on any atom is 0.308 e. The Morgan fingerprint density at radius 3 is 2.23 bits per heavy atom. The fourth-order valence-corrected chi connectivity index (χ4v) is 11.2. The second-order valence-electron chi connectivity index (χ2n) is 21.7. The van der Waals surface area contributed by atoms with Gasteiger partial charge >= 0.3 is 11.9 Å². The maximum atomic E-state index is 14.7. The van der Waals surface area contributed by atoms with E-state index in [2.05, 4.69) is 27.8 Å². The second-order valence-corrected chi connectivity index (χ2v) is 22.6. The molecule has 0 saturated carbocycles. The lowest BCUT2D eigenvalue weighted by atomic mass is 9.81. The fourth-order valence-electron chi connectivity index (χ4n) is 10.3. The van der Waals surface area contributed by atoms with Crippen molar-refractivity contribution in [3.05, 3.63) is 58.1 Å². The lowest BCUT2D eigenvalue weighted by Crippen LogP contribution is -2.50. The number of carbonyl (C=O) groups excluding carboxylic acids is 9. The molecule has 3 heterocycles. The number of thiazole rings is 1. The number of benzene rings is 1. The van der Waals surface area contributed by atoms with Crippen molar-refractivity contribution in [2.24, 2.45) is 35.3 Å². The fraction of sp³-hybridized carbons (Fsp3) is 0.655. The molecule has 2 aliphatic heterocycles. The molecule has 0 spiro atoms. The van der Waals surface area contributed by atoms with Crippen LogP contribution in [0.1, 0.15) is 166 Å². The number of piperidine rings is 1. The minimum atomic E-state index is -0.890. The molecule has 0 unspecified atom stereocenters. The molecule has 432 valence electrons. The normalized spacial score (nSPS) is 18.3. The molecule has 0 aliphatic carbocycles. The number of rotatable bonds is 33. The number of anilines is 1. The third kappa shape index (κ3) is 19.8. The number of ketones is 1. The van der Waals surface area contributed by atoms with E-state index >= 15 is 0 Å². The zero-order chi connectivity index (χ0) is 57.6. The van der Waals surface area contributed by atoms with Gasteiger partial charge in [-0.25, -0.2) is 4.98 Å². The van der Waals surface area contributed by atoms with E-state index in [1.54, 1.807) is 36.6 Å². The van der Waals surface area contributed by atoms with Crippen LogP contribution < -0.4 is 21.7 Å². The summed E-state index contributed by atoms with van der Waals surface area (Å²) >= 11 is 1.17. The van der Waals surface area contributed by atoms with E-state index in [-0.39, 0.29) is 85.2 Å². The number of imide groups is 1. The molecule has 78 heavy (non-hydrogen) atoms. The number of carbonyl (C=O) groups is 9. The minimum absolute atomic E-state index is 0.0496. The Balaban J connectivity index is 1.45. The van der Waals surface area contributed by atoms with Crippen LogP contribution in [0, 0.1) is 29.6 Å². The van der Waals surface area contributed by atoms with Crippen LogP contribution in [0.25, 0.3) is 0 Å². The molecule has 1 aromatic heterocycles. The summed E-state index contributed by atoms with van der Waals surface area (Å²) in [5.41, 5.74) is 7.08. The van der Waals surface area contributed by atoms with Crippen molar-refractivity contribution < 1.29 is 52.6 Å². The predicted molar refractivity (Wildman–Crippen MR) is 300 cm³/mol. The number of hydrogen-bond acceptors (Lipinski definition) is 15. The highest BCUT2D eigenvalue weighted by Gasteiger charge is 2.39. The number of methoxy groups -OCH3 is 1. The zero-order valence-corrected chi connectivity index (χ0v) is 48.6. The van der Waals surface area contributed by atoms with E-state index in [0.29, 0.717) is 74.6 Å². The van der Waals surface area contributed by atoms with Crippen LogP contribution in [0.15, 0.2) is 41.8 Å². The van der Waals surface area contributed by atoms with Gasteiger partial charge in [0.05, 0.1) is 19.1 Å². The van der Waals surface area contributed by atoms with Crippen LogP contribution in [-0.4, -0.2) is 137 Å². The quantitative estimate of drug-likeness (QED) is 0.0321. The standard InChI is InChI=1S/C58H88N8O11S/c1-11-38(6)44(33-49(68)48-30-37(5)26-29-64(48)9)57(74)65(12-2)47(36(3)4)34-50(77-40(8)67)56-63-46(35-78-56)55(73)61-43(31-39(7)58(75)76-10)32-41-20-22-42(23-21-41)60-54(72)45(18-15-16-27-59)62-51(69)19-14-13-17-28-66-52(70)24-25-53(66)71/h20-25,35-39,43-45,47-48,50H,11-19,26-34,59H2,1-10H3,(H,60,72)(H,61,73)(H,62,69)/t37-,38+,39+,43-,44+,45+,47-,48-,50-/m1/s1. The molecule has 20 heteroatoms. The van der Waals surface area contributed by atoms with Crippen molar-refractivity contribution in [2.45, 2.75) is 176 Å². The van der Waals surface area contributed by atoms with E-state index in [9.17, 15) is 43.2 Å². The van der Waals surface area contributed by atoms with Crippen molar-refractivity contribution in [3.8, 4) is 0 Å². The molecule has 9 atom stereocenters. The summed E-state index contributed by atoms with van der Waals surface area (Å²) < 4.78 is 10.9. The SMILES string of the molecule is CC[C@H](C)[C@H](CC(=O)[C@H]1C[C@H](C)CCN1C)C(=O)N(CC)[C@H](C[C@@H](OC(C)=O)c1nc(C(=O)N[C@@H](Cc2ccc(NC(=O)[C@H](CCCCN)NC(=O)CCCCCN3C(=O)C=CC3=O)cc2)C[C@H](C)C(=O)OC)cs1)C(C)C. The number of nitrogens with one attached hydrogen (secondary N) is 3. The van der Waals surface area contributed by atoms with Crippen LogP contribution in [0.4, 0.5) is 5.69 Å². The highest BCUT2D eigenvalue weighted by Crippen LogP contribution is 2.34. The first-order chi connectivity index (χ1) is 37.1. The molecule has 0 bridgehead atoms. The van der Waals surface area contributed by atoms with Gasteiger partial charge in [0.1, 0.15) is 16.7 Å². The van der Waals surface area contributed by atoms with Gasteiger partial charge in [-0.05, 0) is 120 Å². The third-order valence-corrected chi connectivity index (χ3v) is 16.2. The molecule has 1 saturated heterocycles. The number of esters is 2. The number of nitrogens with zero attached hydrogens (tertiary/aromatic N) is 4. The molecule has 0 radical (unpaired) electrons. The van der Waals surface area contributed by atoms with Crippen molar-refractivity contribution in [1.29, 1.82) is 0 Å². The van der Waals surface area contributed by atoms with E-state index in [0.717, 1.165) is 31.4 Å². The highest BCUT2D eigenvalue weighted by molar-refractivity contribution is 7.09. The lowest BCUT2D eigenvalue weighted by Gasteiger charge is -2.39. The molecule has 19 nitrogen and oxygen atoms in total. The zero-order valence-electron chi connectivity index (χ0n) is 47.8. The van der Waals surface area contributed by atoms with Crippen molar-refractivity contribution in [1.82, 2.24) is 30.3 Å². The molecule has 1 aromatic carbocycles. The number of hydrogen-bond donors (Lipinski definition) is 4. The Labute approximate surface area is 465 Å². The number of aromatic nitrogens is 1. The minimum Gasteiger partial charge on any atom is -0.469 e. The summed E-state index contributed by atoms with van der Waals surface area (Å²) in [5, 5.41) is 10.8. The van der Waals surface area contributed by atoms with Crippen LogP contribution in [0.5, 0.6) is 0 Å². The number of nitrogens with two attached hydrogens (primary N) is 1. The summed E-state index contributed by atoms with van der Waals surface area (Å²) in [4.78, 5) is 128. The third-order valence-electron chi connectivity index (χ3n) is 15.2. The molecule has 2 aromatic rings. The lowest BCUT2D eigenvalue weighted by molar-refractivity contribution is -0.150. The molecule has 1 fully saturated rings. The Kier molecular flexibility index (Phi) is 26.8. The monoisotopic (exact) mass is 1100 g/mol. The van der Waals surface area contributed by atoms with Gasteiger partial charge in [0.2, 0.25) is 17.7 Å². The first kappa shape index (κ1) is 64.7. The first-order valence-electron chi connectivity index (χ1n) is 28.1. The number of ether oxygens (including phenoxy) is 2. The molecular formula is C58H88N8O11S. The topological polar surface area (TPSA) is 257 Å². The number of likely N-dealkylation sites (tertiary alicyclic amines) is 1. The number of unbranched alkanes of at least 4 members (excludes halogenated alkanes) is 3. The second kappa shape index (κ2) is 32.3. The molecule has 5 N–H and O–H groups in total. The molecule has 2 aliphatic rings. The molecular weight excluding hydrogens is 1020 g/mol. The van der Waals surface area contributed by atoms with Gasteiger partial charge in [0.15, 0.2) is 11.9 Å². The van der Waals surface area contributed by atoms with E-state index in [1.165, 1.54) is 42.4 Å². The Morgan fingerprint density at radius 2 is 1.62 bits per heavy atom. The Bertz CT molecular complexity index is 2360. The Morgan fingerprint density at radius 1 is 0.923 bits per heavy atom. The van der Waals surface area contributed by atoms with Gasteiger partial charge in [-0.2, -0.15) is 0 Å². The molecule has 4 rings (SSSR count). The van der Waals surface area contributed by atoms with Crippen molar-refractivity contribution >= 4 is 70.2 Å². The number of amides is 6. The number of likely N-dealkylation sites (N-methyl/N-ethyl adjacent to an activating group) is 1. The highest BCUT2D eigenvalue weighted by atomic mass is 32.1. The van der Waals surface area contributed by atoms with E-state index < -0.39 is 59.8 Å². The smallest absolute Gasteiger partial charge is 0.308 e. The predicted octanol–water partition coefficient (Wildman–Crippen LogP) is 6.94.